The van der Waals surface area contributed by atoms with E-state index in [-0.39, 0.29) is 0 Å². The highest BCUT2D eigenvalue weighted by Gasteiger charge is 2.46. The molecule has 118 valence electrons. The summed E-state index contributed by atoms with van der Waals surface area (Å²) in [6.45, 7) is 2.06. The van der Waals surface area contributed by atoms with E-state index in [1.54, 1.807) is 0 Å². The molecule has 0 spiro atoms. The molecule has 0 heterocycles. The van der Waals surface area contributed by atoms with Gasteiger partial charge in [-0.1, -0.05) is 38.3 Å². The van der Waals surface area contributed by atoms with E-state index in [4.69, 9.17) is 0 Å². The van der Waals surface area contributed by atoms with E-state index in [0.29, 0.717) is 6.42 Å². The van der Waals surface area contributed by atoms with Crippen LogP contribution in [0.1, 0.15) is 39.0 Å². The second kappa shape index (κ2) is 9.80. The van der Waals surface area contributed by atoms with Crippen molar-refractivity contribution in [2.24, 2.45) is 5.92 Å². The summed E-state index contributed by atoms with van der Waals surface area (Å²) in [5.41, 5.74) is 0. The molecule has 6 heteroatoms. The summed E-state index contributed by atoms with van der Waals surface area (Å²) < 4.78 is 47.8. The van der Waals surface area contributed by atoms with Gasteiger partial charge in [-0.2, -0.15) is 13.2 Å². The van der Waals surface area contributed by atoms with Gasteiger partial charge in [0.1, 0.15) is 5.92 Å². The molecule has 0 aromatic carbocycles. The van der Waals surface area contributed by atoms with Crippen LogP contribution in [0, 0.1) is 5.92 Å². The first kappa shape index (κ1) is 19.0. The first-order valence-corrected chi connectivity index (χ1v) is 6.72. The highest BCUT2D eigenvalue weighted by atomic mass is 19.4. The normalized spacial score (nSPS) is 15.3. The monoisotopic (exact) mass is 296 g/mol. The van der Waals surface area contributed by atoms with E-state index in [0.717, 1.165) is 46.0 Å². The molecule has 0 aliphatic heterocycles. The molecule has 0 aliphatic rings. The Hall–Kier alpha value is -1.04. The van der Waals surface area contributed by atoms with Gasteiger partial charge < -0.3 is 9.47 Å². The maximum atomic E-state index is 12.9. The van der Waals surface area contributed by atoms with Gasteiger partial charge in [-0.3, -0.25) is 0 Å². The minimum atomic E-state index is -4.55. The van der Waals surface area contributed by atoms with Gasteiger partial charge in [0.05, 0.1) is 7.11 Å². The zero-order valence-electron chi connectivity index (χ0n) is 12.2. The third-order valence-corrected chi connectivity index (χ3v) is 2.96. The zero-order chi connectivity index (χ0) is 15.6. The average molecular weight is 296 g/mol. The number of methoxy groups -OCH3 is 2. The predicted molar refractivity (Wildman–Crippen MR) is 70.3 cm³/mol. The summed E-state index contributed by atoms with van der Waals surface area (Å²) >= 11 is 0. The largest absolute Gasteiger partial charge is 0.467 e. The third-order valence-electron chi connectivity index (χ3n) is 2.96. The number of alkyl halides is 3. The number of hydrogen-bond donors (Lipinski definition) is 0. The van der Waals surface area contributed by atoms with Crippen LogP contribution in [-0.4, -0.2) is 32.5 Å². The molecule has 0 unspecified atom stereocenters. The highest BCUT2D eigenvalue weighted by Crippen LogP contribution is 2.32. The molecule has 3 nitrogen and oxygen atoms in total. The Kier molecular flexibility index (Phi) is 9.29. The van der Waals surface area contributed by atoms with E-state index in [1.165, 1.54) is 6.08 Å². The molecule has 0 saturated carbocycles. The number of rotatable bonds is 9. The molecule has 0 aliphatic carbocycles. The Morgan fingerprint density at radius 2 is 1.85 bits per heavy atom. The Morgan fingerprint density at radius 3 is 2.30 bits per heavy atom. The summed E-state index contributed by atoms with van der Waals surface area (Å²) in [5, 5.41) is 0. The second-order valence-corrected chi connectivity index (χ2v) is 4.52. The van der Waals surface area contributed by atoms with Crippen LogP contribution in [0.15, 0.2) is 12.2 Å². The first-order valence-electron chi connectivity index (χ1n) is 6.72. The minimum Gasteiger partial charge on any atom is -0.467 e. The van der Waals surface area contributed by atoms with E-state index >= 15 is 0 Å². The van der Waals surface area contributed by atoms with Crippen molar-refractivity contribution < 1.29 is 27.4 Å². The third kappa shape index (κ3) is 6.93. The van der Waals surface area contributed by atoms with Gasteiger partial charge in [0.2, 0.25) is 0 Å². The smallest absolute Gasteiger partial charge is 0.398 e. The molecular formula is C14H23F3O3. The maximum Gasteiger partial charge on any atom is 0.398 e. The number of carbonyl (C=O) groups is 1. The standard InChI is InChI=1S/C14H23F3O3/c1-4-5-6-7-8-9-10-11(14(15,16)17)12(19-2)13(18)20-3/h9-12H,4-8H2,1-3H3/b10-9+/t11-,12+/m1/s1. The Morgan fingerprint density at radius 1 is 1.20 bits per heavy atom. The molecule has 20 heavy (non-hydrogen) atoms. The number of ether oxygens (including phenoxy) is 2. The van der Waals surface area contributed by atoms with Crippen LogP contribution >= 0.6 is 0 Å². The fourth-order valence-electron chi connectivity index (χ4n) is 1.82. The van der Waals surface area contributed by atoms with Crippen molar-refractivity contribution in [1.82, 2.24) is 0 Å². The van der Waals surface area contributed by atoms with Gasteiger partial charge in [-0.05, 0) is 12.8 Å². The molecule has 0 aromatic heterocycles. The van der Waals surface area contributed by atoms with Crippen molar-refractivity contribution in [1.29, 1.82) is 0 Å². The Bertz CT molecular complexity index is 301. The molecule has 0 bridgehead atoms. The lowest BCUT2D eigenvalue weighted by molar-refractivity contribution is -0.200. The van der Waals surface area contributed by atoms with Crippen LogP contribution in [0.3, 0.4) is 0 Å². The molecular weight excluding hydrogens is 273 g/mol. The number of halogens is 3. The van der Waals surface area contributed by atoms with Crippen LogP contribution < -0.4 is 0 Å². The molecule has 0 aromatic rings. The van der Waals surface area contributed by atoms with Crippen molar-refractivity contribution >= 4 is 5.97 Å². The number of esters is 1. The van der Waals surface area contributed by atoms with Gasteiger partial charge in [-0.15, -0.1) is 0 Å². The lowest BCUT2D eigenvalue weighted by Gasteiger charge is -2.23. The van der Waals surface area contributed by atoms with Gasteiger partial charge >= 0.3 is 12.1 Å². The van der Waals surface area contributed by atoms with Crippen LogP contribution in [0.4, 0.5) is 13.2 Å². The lowest BCUT2D eigenvalue weighted by Crippen LogP contribution is -2.40. The molecule has 0 radical (unpaired) electrons. The topological polar surface area (TPSA) is 35.5 Å². The van der Waals surface area contributed by atoms with Crippen molar-refractivity contribution in [3.05, 3.63) is 12.2 Å². The fraction of sp³-hybridized carbons (Fsp3) is 0.786. The van der Waals surface area contributed by atoms with Crippen LogP contribution in [0.25, 0.3) is 0 Å². The number of allylic oxidation sites excluding steroid dienone is 1. The van der Waals surface area contributed by atoms with Crippen LogP contribution in [0.2, 0.25) is 0 Å². The SMILES string of the molecule is CCCCCC/C=C/[C@H]([C@H](OC)C(=O)OC)C(F)(F)F. The highest BCUT2D eigenvalue weighted by molar-refractivity contribution is 5.75. The van der Waals surface area contributed by atoms with Gasteiger partial charge in [0.15, 0.2) is 6.10 Å². The van der Waals surface area contributed by atoms with Gasteiger partial charge in [0.25, 0.3) is 0 Å². The average Bonchev–Trinajstić information content (AvgIpc) is 2.39. The maximum absolute atomic E-state index is 12.9. The van der Waals surface area contributed by atoms with Gasteiger partial charge in [-0.25, -0.2) is 4.79 Å². The summed E-state index contributed by atoms with van der Waals surface area (Å²) in [5.74, 6) is -3.00. The Labute approximate surface area is 118 Å². The first-order chi connectivity index (χ1) is 9.38. The summed E-state index contributed by atoms with van der Waals surface area (Å²) in [7, 11) is 2.10. The second-order valence-electron chi connectivity index (χ2n) is 4.52. The van der Waals surface area contributed by atoms with E-state index < -0.39 is 24.2 Å². The van der Waals surface area contributed by atoms with Crippen molar-refractivity contribution in [2.75, 3.05) is 14.2 Å². The number of hydrogen-bond acceptors (Lipinski definition) is 3. The lowest BCUT2D eigenvalue weighted by atomic mass is 10.00. The minimum absolute atomic E-state index is 0.560. The predicted octanol–water partition coefficient (Wildman–Crippen LogP) is 3.88. The van der Waals surface area contributed by atoms with Crippen molar-refractivity contribution in [3.8, 4) is 0 Å². The van der Waals surface area contributed by atoms with Gasteiger partial charge in [0, 0.05) is 7.11 Å². The Balaban J connectivity index is 4.64. The molecule has 0 rings (SSSR count). The van der Waals surface area contributed by atoms with Crippen LogP contribution in [0.5, 0.6) is 0 Å². The van der Waals surface area contributed by atoms with E-state index in [1.807, 2.05) is 0 Å². The molecule has 0 N–H and O–H groups in total. The van der Waals surface area contributed by atoms with Crippen molar-refractivity contribution in [3.63, 3.8) is 0 Å². The number of unbranched alkanes of at least 4 members (excludes halogenated alkanes) is 4. The summed E-state index contributed by atoms with van der Waals surface area (Å²) in [4.78, 5) is 11.3. The fourth-order valence-corrected chi connectivity index (χ4v) is 1.82. The van der Waals surface area contributed by atoms with E-state index in [2.05, 4.69) is 16.4 Å². The molecule has 0 saturated heterocycles. The molecule has 0 fully saturated rings. The molecule has 2 atom stereocenters. The summed E-state index contributed by atoms with van der Waals surface area (Å²) in [6.07, 6.45) is 0.778. The summed E-state index contributed by atoms with van der Waals surface area (Å²) in [6, 6.07) is 0. The zero-order valence-corrected chi connectivity index (χ0v) is 12.2. The molecule has 0 amide bonds. The van der Waals surface area contributed by atoms with Crippen LogP contribution in [-0.2, 0) is 14.3 Å². The van der Waals surface area contributed by atoms with Crippen molar-refractivity contribution in [2.45, 2.75) is 51.3 Å². The number of carbonyl (C=O) groups excluding carboxylic acids is 1. The quantitative estimate of drug-likeness (QED) is 0.368. The van der Waals surface area contributed by atoms with E-state index in [9.17, 15) is 18.0 Å².